The van der Waals surface area contributed by atoms with Crippen LogP contribution in [0.25, 0.3) is 0 Å². The van der Waals surface area contributed by atoms with Crippen LogP contribution in [-0.4, -0.2) is 13.2 Å². The summed E-state index contributed by atoms with van der Waals surface area (Å²) >= 11 is 6.84. The molecule has 0 amide bonds. The van der Waals surface area contributed by atoms with E-state index in [0.29, 0.717) is 13.2 Å². The van der Waals surface area contributed by atoms with Crippen molar-refractivity contribution in [2.24, 2.45) is 0 Å². The molecule has 130 valence electrons. The minimum Gasteiger partial charge on any atom is -0.310 e. The second-order valence-electron chi connectivity index (χ2n) is 5.35. The molecule has 24 heavy (non-hydrogen) atoms. The molecule has 0 spiro atoms. The van der Waals surface area contributed by atoms with Gasteiger partial charge < -0.3 is 9.05 Å². The van der Waals surface area contributed by atoms with Gasteiger partial charge in [0.1, 0.15) is 0 Å². The first kappa shape index (κ1) is 19.9. The van der Waals surface area contributed by atoms with Crippen LogP contribution in [0.2, 0.25) is 0 Å². The molecule has 0 aliphatic heterocycles. The van der Waals surface area contributed by atoms with E-state index in [1.165, 1.54) is 22.3 Å². The summed E-state index contributed by atoms with van der Waals surface area (Å²) < 4.78 is 22.3. The molecule has 0 saturated heterocycles. The summed E-state index contributed by atoms with van der Waals surface area (Å²) in [5.74, 6) is 0. The zero-order valence-electron chi connectivity index (χ0n) is 13.3. The van der Waals surface area contributed by atoms with Crippen molar-refractivity contribution in [3.05, 3.63) is 70.8 Å². The van der Waals surface area contributed by atoms with Crippen LogP contribution in [0.15, 0.2) is 48.5 Å². The first-order chi connectivity index (χ1) is 11.7. The molecular weight excluding hydrogens is 455 g/mol. The average Bonchev–Trinajstić information content (AvgIpc) is 2.63. The summed E-state index contributed by atoms with van der Waals surface area (Å²) in [6.07, 6.45) is 1.46. The summed E-state index contributed by atoms with van der Waals surface area (Å²) in [6.45, 7) is 0.816. The lowest BCUT2D eigenvalue weighted by atomic mass is 10.1. The molecule has 0 aliphatic carbocycles. The van der Waals surface area contributed by atoms with Crippen molar-refractivity contribution in [3.8, 4) is 0 Å². The van der Waals surface area contributed by atoms with Gasteiger partial charge in [-0.15, -0.1) is 0 Å². The van der Waals surface area contributed by atoms with E-state index >= 15 is 0 Å². The molecule has 0 unspecified atom stereocenters. The fourth-order valence-corrected chi connectivity index (χ4v) is 3.50. The molecule has 0 N–H and O–H groups in total. The van der Waals surface area contributed by atoms with Gasteiger partial charge in [-0.25, -0.2) is 0 Å². The molecule has 0 aromatic heterocycles. The van der Waals surface area contributed by atoms with Crippen LogP contribution in [0.1, 0.15) is 22.3 Å². The summed E-state index contributed by atoms with van der Waals surface area (Å²) in [6, 6.07) is 16.6. The number of rotatable bonds is 10. The monoisotopic (exact) mass is 474 g/mol. The fraction of sp³-hybridized carbons (Fsp3) is 0.333. The van der Waals surface area contributed by atoms with E-state index in [1.54, 1.807) is 0 Å². The normalized spacial score (nSPS) is 11.1. The zero-order chi connectivity index (χ0) is 17.2. The van der Waals surface area contributed by atoms with Crippen LogP contribution in [0.5, 0.6) is 0 Å². The minimum absolute atomic E-state index is 0.408. The Bertz CT molecular complexity index is 574. The predicted molar refractivity (Wildman–Crippen MR) is 106 cm³/mol. The van der Waals surface area contributed by atoms with Crippen molar-refractivity contribution in [2.75, 3.05) is 13.2 Å². The Morgan fingerprint density at radius 2 is 1.00 bits per heavy atom. The average molecular weight is 476 g/mol. The highest BCUT2D eigenvalue weighted by Crippen LogP contribution is 2.24. The highest BCUT2D eigenvalue weighted by molar-refractivity contribution is 9.08. The van der Waals surface area contributed by atoms with Gasteiger partial charge in [-0.2, -0.15) is 0 Å². The smallest absolute Gasteiger partial charge is 0.310 e. The van der Waals surface area contributed by atoms with Crippen molar-refractivity contribution in [3.63, 3.8) is 0 Å². The Morgan fingerprint density at radius 1 is 0.667 bits per heavy atom. The molecule has 2 aromatic carbocycles. The lowest BCUT2D eigenvalue weighted by Gasteiger charge is -2.07. The van der Waals surface area contributed by atoms with Gasteiger partial charge in [-0.1, -0.05) is 80.4 Å². The Kier molecular flexibility index (Phi) is 9.29. The predicted octanol–water partition coefficient (Wildman–Crippen LogP) is 5.68. The third-order valence-electron chi connectivity index (χ3n) is 3.58. The molecule has 0 heterocycles. The molecular formula is C18H21Br2O3P. The van der Waals surface area contributed by atoms with E-state index in [9.17, 15) is 4.57 Å². The maximum absolute atomic E-state index is 11.8. The topological polar surface area (TPSA) is 35.5 Å². The Hall–Kier alpha value is -0.450. The quantitative estimate of drug-likeness (QED) is 0.327. The molecule has 3 nitrogen and oxygen atoms in total. The van der Waals surface area contributed by atoms with Crippen molar-refractivity contribution in [2.45, 2.75) is 23.5 Å². The molecule has 6 heteroatoms. The molecule has 0 aliphatic rings. The Balaban J connectivity index is 1.62. The van der Waals surface area contributed by atoms with Crippen molar-refractivity contribution >= 4 is 40.1 Å². The van der Waals surface area contributed by atoms with Crippen molar-refractivity contribution in [1.82, 2.24) is 0 Å². The van der Waals surface area contributed by atoms with Gasteiger partial charge in [0.2, 0.25) is 0 Å². The van der Waals surface area contributed by atoms with Crippen molar-refractivity contribution < 1.29 is 13.6 Å². The van der Waals surface area contributed by atoms with E-state index in [-0.39, 0.29) is 0 Å². The van der Waals surface area contributed by atoms with Crippen LogP contribution in [0.4, 0.5) is 0 Å². The van der Waals surface area contributed by atoms with Gasteiger partial charge in [0.05, 0.1) is 13.2 Å². The number of alkyl halides is 2. The first-order valence-corrected chi connectivity index (χ1v) is 11.2. The first-order valence-electron chi connectivity index (χ1n) is 7.78. The SMILES string of the molecule is O=[PH](OCCc1ccc(CBr)cc1)OCCc1ccc(CBr)cc1. The fourth-order valence-electron chi connectivity index (χ4n) is 2.14. The molecule has 0 radical (unpaired) electrons. The third kappa shape index (κ3) is 7.20. The lowest BCUT2D eigenvalue weighted by molar-refractivity contribution is 0.229. The standard InChI is InChI=1S/C18H21Br2O3P/c19-13-17-5-1-15(2-6-17)9-11-22-24(21)23-12-10-16-3-7-18(14-20)8-4-16/h1-8,24H,9-14H2. The number of hydrogen-bond acceptors (Lipinski definition) is 3. The van der Waals surface area contributed by atoms with Crippen LogP contribution in [-0.2, 0) is 37.1 Å². The van der Waals surface area contributed by atoms with E-state index in [1.807, 2.05) is 0 Å². The van der Waals surface area contributed by atoms with Gasteiger partial charge >= 0.3 is 8.25 Å². The lowest BCUT2D eigenvalue weighted by Crippen LogP contribution is -1.97. The molecule has 0 saturated carbocycles. The van der Waals surface area contributed by atoms with Gasteiger partial charge in [-0.05, 0) is 35.1 Å². The summed E-state index contributed by atoms with van der Waals surface area (Å²) in [5.41, 5.74) is 4.81. The van der Waals surface area contributed by atoms with Crippen molar-refractivity contribution in [1.29, 1.82) is 0 Å². The zero-order valence-corrected chi connectivity index (χ0v) is 17.5. The summed E-state index contributed by atoms with van der Waals surface area (Å²) in [7, 11) is -2.42. The third-order valence-corrected chi connectivity index (χ3v) is 5.75. The van der Waals surface area contributed by atoms with Crippen LogP contribution < -0.4 is 0 Å². The largest absolute Gasteiger partial charge is 0.319 e. The highest BCUT2D eigenvalue weighted by Gasteiger charge is 2.02. The summed E-state index contributed by atoms with van der Waals surface area (Å²) in [4.78, 5) is 0. The van der Waals surface area contributed by atoms with Gasteiger partial charge in [-0.3, -0.25) is 4.57 Å². The van der Waals surface area contributed by atoms with Gasteiger partial charge in [0, 0.05) is 10.7 Å². The van der Waals surface area contributed by atoms with E-state index < -0.39 is 8.25 Å². The second-order valence-corrected chi connectivity index (χ2v) is 7.55. The van der Waals surface area contributed by atoms with E-state index in [4.69, 9.17) is 9.05 Å². The summed E-state index contributed by atoms with van der Waals surface area (Å²) in [5, 5.41) is 1.70. The maximum atomic E-state index is 11.8. The van der Waals surface area contributed by atoms with Crippen LogP contribution in [0, 0.1) is 0 Å². The van der Waals surface area contributed by atoms with E-state index in [0.717, 1.165) is 23.5 Å². The van der Waals surface area contributed by atoms with Crippen LogP contribution in [0.3, 0.4) is 0 Å². The van der Waals surface area contributed by atoms with Gasteiger partial charge in [0.15, 0.2) is 0 Å². The maximum Gasteiger partial charge on any atom is 0.319 e. The highest BCUT2D eigenvalue weighted by atomic mass is 79.9. The van der Waals surface area contributed by atoms with Gasteiger partial charge in [0.25, 0.3) is 0 Å². The molecule has 0 fully saturated rings. The second kappa shape index (κ2) is 11.2. The minimum atomic E-state index is -2.42. The molecule has 0 atom stereocenters. The molecule has 2 aromatic rings. The number of hydrogen-bond donors (Lipinski definition) is 0. The van der Waals surface area contributed by atoms with Crippen LogP contribution >= 0.6 is 40.1 Å². The Morgan fingerprint density at radius 3 is 1.33 bits per heavy atom. The number of benzene rings is 2. The van der Waals surface area contributed by atoms with E-state index in [2.05, 4.69) is 80.4 Å². The Labute approximate surface area is 161 Å². The molecule has 2 rings (SSSR count). The molecule has 0 bridgehead atoms. The number of halogens is 2.